The zero-order valence-corrected chi connectivity index (χ0v) is 13.3. The molecule has 2 aromatic rings. The molecule has 1 amide bonds. The summed E-state index contributed by atoms with van der Waals surface area (Å²) in [6.45, 7) is 6.06. The van der Waals surface area contributed by atoms with Crippen molar-refractivity contribution < 1.29 is 9.53 Å². The molecule has 3 rings (SSSR count). The van der Waals surface area contributed by atoms with Crippen molar-refractivity contribution >= 4 is 11.6 Å². The highest BCUT2D eigenvalue weighted by molar-refractivity contribution is 6.04. The fraction of sp³-hybridized carbons (Fsp3) is 0.333. The first-order valence-electron chi connectivity index (χ1n) is 7.85. The minimum absolute atomic E-state index is 0.169. The van der Waals surface area contributed by atoms with Gasteiger partial charge in [0, 0.05) is 31.5 Å². The lowest BCUT2D eigenvalue weighted by Crippen LogP contribution is -2.35. The minimum atomic E-state index is -0.169. The van der Waals surface area contributed by atoms with Crippen LogP contribution in [0.5, 0.6) is 0 Å². The maximum Gasteiger partial charge on any atom is 0.274 e. The van der Waals surface area contributed by atoms with Crippen molar-refractivity contribution in [1.82, 2.24) is 9.88 Å². The highest BCUT2D eigenvalue weighted by Gasteiger charge is 2.15. The fourth-order valence-electron chi connectivity index (χ4n) is 2.69. The van der Waals surface area contributed by atoms with Gasteiger partial charge in [-0.3, -0.25) is 14.7 Å². The lowest BCUT2D eigenvalue weighted by Gasteiger charge is -2.27. The molecule has 0 unspecified atom stereocenters. The summed E-state index contributed by atoms with van der Waals surface area (Å²) in [5.74, 6) is -0.169. The Morgan fingerprint density at radius 1 is 1.22 bits per heavy atom. The number of benzene rings is 1. The molecule has 1 fully saturated rings. The van der Waals surface area contributed by atoms with E-state index < -0.39 is 0 Å². The number of morpholine rings is 1. The van der Waals surface area contributed by atoms with Gasteiger partial charge in [-0.25, -0.2) is 0 Å². The summed E-state index contributed by atoms with van der Waals surface area (Å²) >= 11 is 0. The summed E-state index contributed by atoms with van der Waals surface area (Å²) in [6, 6.07) is 11.6. The van der Waals surface area contributed by atoms with E-state index in [9.17, 15) is 4.79 Å². The minimum Gasteiger partial charge on any atom is -0.379 e. The van der Waals surface area contributed by atoms with E-state index in [0.717, 1.165) is 49.7 Å². The van der Waals surface area contributed by atoms with Gasteiger partial charge in [0.1, 0.15) is 5.69 Å². The van der Waals surface area contributed by atoms with Crippen molar-refractivity contribution in [3.63, 3.8) is 0 Å². The predicted octanol–water partition coefficient (Wildman–Crippen LogP) is 2.47. The van der Waals surface area contributed by atoms with Crippen molar-refractivity contribution in [3.8, 4) is 0 Å². The van der Waals surface area contributed by atoms with Crippen molar-refractivity contribution in [2.75, 3.05) is 31.6 Å². The van der Waals surface area contributed by atoms with Crippen LogP contribution >= 0.6 is 0 Å². The summed E-state index contributed by atoms with van der Waals surface area (Å²) in [5.41, 5.74) is 3.29. The van der Waals surface area contributed by atoms with Crippen LogP contribution in [0.4, 0.5) is 5.69 Å². The van der Waals surface area contributed by atoms with Crippen molar-refractivity contribution in [2.24, 2.45) is 0 Å². The topological polar surface area (TPSA) is 54.5 Å². The molecular formula is C18H21N3O2. The molecule has 2 heterocycles. The second-order valence-corrected chi connectivity index (χ2v) is 5.67. The number of pyridine rings is 1. The van der Waals surface area contributed by atoms with Crippen molar-refractivity contribution in [2.45, 2.75) is 13.5 Å². The highest BCUT2D eigenvalue weighted by Crippen LogP contribution is 2.19. The quantitative estimate of drug-likeness (QED) is 0.942. The van der Waals surface area contributed by atoms with Crippen LogP contribution in [0.25, 0.3) is 0 Å². The molecule has 0 spiro atoms. The van der Waals surface area contributed by atoms with Gasteiger partial charge in [0.15, 0.2) is 0 Å². The third-order valence-corrected chi connectivity index (χ3v) is 3.99. The predicted molar refractivity (Wildman–Crippen MR) is 89.5 cm³/mol. The molecule has 23 heavy (non-hydrogen) atoms. The molecule has 0 bridgehead atoms. The standard InChI is InChI=1S/C18H21N3O2/c1-14-5-4-8-19-17(14)18(22)20-16-7-3-2-6-15(16)13-21-9-11-23-12-10-21/h2-8H,9-13H2,1H3,(H,20,22). The summed E-state index contributed by atoms with van der Waals surface area (Å²) in [7, 11) is 0. The average molecular weight is 311 g/mol. The van der Waals surface area contributed by atoms with Gasteiger partial charge in [-0.1, -0.05) is 24.3 Å². The van der Waals surface area contributed by atoms with Crippen LogP contribution in [0.1, 0.15) is 21.6 Å². The van der Waals surface area contributed by atoms with Crippen LogP contribution < -0.4 is 5.32 Å². The van der Waals surface area contributed by atoms with E-state index in [2.05, 4.69) is 21.3 Å². The lowest BCUT2D eigenvalue weighted by molar-refractivity contribution is 0.0342. The van der Waals surface area contributed by atoms with Gasteiger partial charge in [-0.05, 0) is 30.2 Å². The zero-order valence-electron chi connectivity index (χ0n) is 13.3. The Labute approximate surface area is 136 Å². The number of ether oxygens (including phenoxy) is 1. The molecule has 5 nitrogen and oxygen atoms in total. The van der Waals surface area contributed by atoms with Crippen LogP contribution in [0.3, 0.4) is 0 Å². The first-order valence-corrected chi connectivity index (χ1v) is 7.85. The smallest absolute Gasteiger partial charge is 0.274 e. The largest absolute Gasteiger partial charge is 0.379 e. The molecule has 0 radical (unpaired) electrons. The molecule has 1 aromatic heterocycles. The second kappa shape index (κ2) is 7.35. The van der Waals surface area contributed by atoms with E-state index in [1.165, 1.54) is 0 Å². The van der Waals surface area contributed by atoms with Gasteiger partial charge in [0.25, 0.3) is 5.91 Å². The molecule has 120 valence electrons. The van der Waals surface area contributed by atoms with E-state index in [4.69, 9.17) is 4.74 Å². The first-order chi connectivity index (χ1) is 11.2. The summed E-state index contributed by atoms with van der Waals surface area (Å²) in [6.07, 6.45) is 1.64. The van der Waals surface area contributed by atoms with E-state index in [1.54, 1.807) is 6.20 Å². The van der Waals surface area contributed by atoms with E-state index in [0.29, 0.717) is 5.69 Å². The van der Waals surface area contributed by atoms with Crippen molar-refractivity contribution in [3.05, 3.63) is 59.4 Å². The van der Waals surface area contributed by atoms with Crippen molar-refractivity contribution in [1.29, 1.82) is 0 Å². The van der Waals surface area contributed by atoms with Gasteiger partial charge < -0.3 is 10.1 Å². The number of aromatic nitrogens is 1. The van der Waals surface area contributed by atoms with Gasteiger partial charge in [-0.15, -0.1) is 0 Å². The Kier molecular flexibility index (Phi) is 5.00. The molecule has 0 aliphatic carbocycles. The number of aryl methyl sites for hydroxylation is 1. The van der Waals surface area contributed by atoms with E-state index >= 15 is 0 Å². The Hall–Kier alpha value is -2.24. The number of amides is 1. The average Bonchev–Trinajstić information content (AvgIpc) is 2.58. The van der Waals surface area contributed by atoms with Gasteiger partial charge in [0.05, 0.1) is 13.2 Å². The second-order valence-electron chi connectivity index (χ2n) is 5.67. The number of rotatable bonds is 4. The van der Waals surface area contributed by atoms with Crippen LogP contribution in [0, 0.1) is 6.92 Å². The van der Waals surface area contributed by atoms with E-state index in [1.807, 2.05) is 37.3 Å². The molecule has 0 saturated carbocycles. The maximum absolute atomic E-state index is 12.5. The molecule has 5 heteroatoms. The molecule has 1 aliphatic heterocycles. The number of hydrogen-bond donors (Lipinski definition) is 1. The van der Waals surface area contributed by atoms with Gasteiger partial charge in [-0.2, -0.15) is 0 Å². The normalized spacial score (nSPS) is 15.3. The third kappa shape index (κ3) is 3.94. The van der Waals surface area contributed by atoms with Gasteiger partial charge in [0.2, 0.25) is 0 Å². The SMILES string of the molecule is Cc1cccnc1C(=O)Nc1ccccc1CN1CCOCC1. The Morgan fingerprint density at radius 3 is 2.78 bits per heavy atom. The molecule has 1 aliphatic rings. The lowest BCUT2D eigenvalue weighted by atomic mass is 10.1. The number of para-hydroxylation sites is 1. The summed E-state index contributed by atoms with van der Waals surface area (Å²) in [4.78, 5) is 19.0. The number of anilines is 1. The van der Waals surface area contributed by atoms with Crippen LogP contribution in [-0.2, 0) is 11.3 Å². The first kappa shape index (κ1) is 15.6. The molecule has 0 atom stereocenters. The van der Waals surface area contributed by atoms with Crippen LogP contribution in [-0.4, -0.2) is 42.1 Å². The molecular weight excluding hydrogens is 290 g/mol. The van der Waals surface area contributed by atoms with Gasteiger partial charge >= 0.3 is 0 Å². The number of carbonyl (C=O) groups excluding carboxylic acids is 1. The van der Waals surface area contributed by atoms with Crippen LogP contribution in [0.2, 0.25) is 0 Å². The molecule has 1 aromatic carbocycles. The monoisotopic (exact) mass is 311 g/mol. The Bertz CT molecular complexity index is 681. The number of carbonyl (C=O) groups is 1. The third-order valence-electron chi connectivity index (χ3n) is 3.99. The molecule has 1 N–H and O–H groups in total. The number of hydrogen-bond acceptors (Lipinski definition) is 4. The maximum atomic E-state index is 12.5. The number of nitrogens with one attached hydrogen (secondary N) is 1. The van der Waals surface area contributed by atoms with E-state index in [-0.39, 0.29) is 5.91 Å². The highest BCUT2D eigenvalue weighted by atomic mass is 16.5. The Balaban J connectivity index is 1.75. The summed E-state index contributed by atoms with van der Waals surface area (Å²) < 4.78 is 5.38. The fourth-order valence-corrected chi connectivity index (χ4v) is 2.69. The summed E-state index contributed by atoms with van der Waals surface area (Å²) in [5, 5.41) is 3.00. The zero-order chi connectivity index (χ0) is 16.1. The van der Waals surface area contributed by atoms with Crippen LogP contribution in [0.15, 0.2) is 42.6 Å². The number of nitrogens with zero attached hydrogens (tertiary/aromatic N) is 2. The Morgan fingerprint density at radius 2 is 2.00 bits per heavy atom. The molecule has 1 saturated heterocycles.